The van der Waals surface area contributed by atoms with Crippen LogP contribution in [0.4, 0.5) is 0 Å². The summed E-state index contributed by atoms with van der Waals surface area (Å²) in [7, 11) is 0. The Morgan fingerprint density at radius 3 is 2.18 bits per heavy atom. The van der Waals surface area contributed by atoms with Gasteiger partial charge >= 0.3 is 0 Å². The molecule has 5 nitrogen and oxygen atoms in total. The van der Waals surface area contributed by atoms with Crippen LogP contribution in [-0.2, 0) is 6.54 Å². The summed E-state index contributed by atoms with van der Waals surface area (Å²) in [6.45, 7) is 5.58. The van der Waals surface area contributed by atoms with E-state index in [2.05, 4.69) is 77.7 Å². The van der Waals surface area contributed by atoms with Crippen LogP contribution in [0.5, 0.6) is 11.5 Å². The molecule has 4 aromatic rings. The minimum Gasteiger partial charge on any atom is -0.494 e. The van der Waals surface area contributed by atoms with Crippen molar-refractivity contribution < 1.29 is 14.3 Å². The zero-order chi connectivity index (χ0) is 27.5. The van der Waals surface area contributed by atoms with Gasteiger partial charge in [-0.15, -0.1) is 0 Å². The van der Waals surface area contributed by atoms with Gasteiger partial charge in [-0.05, 0) is 60.4 Å². The van der Waals surface area contributed by atoms with Crippen LogP contribution in [0.3, 0.4) is 0 Å². The molecule has 0 radical (unpaired) electrons. The van der Waals surface area contributed by atoms with Crippen molar-refractivity contribution in [2.24, 2.45) is 5.73 Å². The number of primary amides is 1. The van der Waals surface area contributed by atoms with Crippen LogP contribution in [-0.4, -0.2) is 37.1 Å². The fourth-order valence-corrected chi connectivity index (χ4v) is 4.90. The van der Waals surface area contributed by atoms with Gasteiger partial charge in [-0.25, -0.2) is 0 Å². The second-order valence-electron chi connectivity index (χ2n) is 9.40. The second-order valence-corrected chi connectivity index (χ2v) is 9.81. The first-order valence-electron chi connectivity index (χ1n) is 13.3. The Kier molecular flexibility index (Phi) is 10.4. The van der Waals surface area contributed by atoms with Crippen molar-refractivity contribution >= 4 is 17.5 Å². The van der Waals surface area contributed by atoms with E-state index in [1.165, 1.54) is 16.7 Å². The van der Waals surface area contributed by atoms with E-state index in [9.17, 15) is 4.79 Å². The molecule has 0 aromatic heterocycles. The number of hydrogen-bond acceptors (Lipinski definition) is 4. The standard InChI is InChI=1S/C33H35ClN2O3/c1-2-38-29-16-9-11-25(21-29)23-36(19-10-20-39-32-18-17-28(33(35)37)22-31(32)34)24-30(26-12-5-3-6-13-26)27-14-7-4-8-15-27/h3-9,11-18,21-22,30H,2,10,19-20,23-24H2,1H3,(H2,35,37). The number of halogens is 1. The van der Waals surface area contributed by atoms with Crippen LogP contribution >= 0.6 is 11.6 Å². The number of amides is 1. The number of carbonyl (C=O) groups is 1. The lowest BCUT2D eigenvalue weighted by molar-refractivity contribution is 0.1000. The lowest BCUT2D eigenvalue weighted by atomic mass is 9.90. The number of nitrogens with zero attached hydrogens (tertiary/aromatic N) is 1. The maximum Gasteiger partial charge on any atom is 0.248 e. The van der Waals surface area contributed by atoms with Gasteiger partial charge < -0.3 is 15.2 Å². The summed E-state index contributed by atoms with van der Waals surface area (Å²) >= 11 is 6.31. The summed E-state index contributed by atoms with van der Waals surface area (Å²) in [4.78, 5) is 13.9. The Hall–Kier alpha value is -3.80. The predicted octanol–water partition coefficient (Wildman–Crippen LogP) is 6.94. The molecule has 0 aliphatic rings. The average molecular weight is 543 g/mol. The van der Waals surface area contributed by atoms with E-state index < -0.39 is 5.91 Å². The van der Waals surface area contributed by atoms with Crippen molar-refractivity contribution in [3.63, 3.8) is 0 Å². The monoisotopic (exact) mass is 542 g/mol. The first-order valence-corrected chi connectivity index (χ1v) is 13.7. The van der Waals surface area contributed by atoms with Gasteiger partial charge in [0.1, 0.15) is 11.5 Å². The maximum absolute atomic E-state index is 11.4. The van der Waals surface area contributed by atoms with Crippen LogP contribution in [0, 0.1) is 0 Å². The molecule has 0 fully saturated rings. The van der Waals surface area contributed by atoms with Gasteiger partial charge in [0.25, 0.3) is 0 Å². The van der Waals surface area contributed by atoms with Crippen LogP contribution in [0.2, 0.25) is 5.02 Å². The van der Waals surface area contributed by atoms with Gasteiger partial charge in [0.05, 0.1) is 18.2 Å². The summed E-state index contributed by atoms with van der Waals surface area (Å²) in [6.07, 6.45) is 0.801. The van der Waals surface area contributed by atoms with Crippen LogP contribution in [0.1, 0.15) is 46.3 Å². The van der Waals surface area contributed by atoms with Gasteiger partial charge in [-0.2, -0.15) is 0 Å². The highest BCUT2D eigenvalue weighted by Gasteiger charge is 2.19. The molecule has 0 spiro atoms. The molecule has 0 heterocycles. The fourth-order valence-electron chi connectivity index (χ4n) is 4.67. The predicted molar refractivity (Wildman–Crippen MR) is 158 cm³/mol. The fraction of sp³-hybridized carbons (Fsp3) is 0.242. The quantitative estimate of drug-likeness (QED) is 0.175. The zero-order valence-corrected chi connectivity index (χ0v) is 23.0. The average Bonchev–Trinajstić information content (AvgIpc) is 2.95. The third-order valence-corrected chi connectivity index (χ3v) is 6.85. The van der Waals surface area contributed by atoms with Gasteiger partial charge in [-0.3, -0.25) is 9.69 Å². The number of ether oxygens (including phenoxy) is 2. The first-order chi connectivity index (χ1) is 19.0. The molecule has 4 aromatic carbocycles. The van der Waals surface area contributed by atoms with Crippen molar-refractivity contribution in [3.8, 4) is 11.5 Å². The topological polar surface area (TPSA) is 64.8 Å². The van der Waals surface area contributed by atoms with Crippen LogP contribution in [0.25, 0.3) is 0 Å². The van der Waals surface area contributed by atoms with Gasteiger partial charge in [0.2, 0.25) is 5.91 Å². The Bertz CT molecular complexity index is 1290. The summed E-state index contributed by atoms with van der Waals surface area (Å²) in [6, 6.07) is 34.5. The molecule has 6 heteroatoms. The van der Waals surface area contributed by atoms with Crippen molar-refractivity contribution in [2.45, 2.75) is 25.8 Å². The van der Waals surface area contributed by atoms with Gasteiger partial charge in [0, 0.05) is 31.1 Å². The molecule has 39 heavy (non-hydrogen) atoms. The van der Waals surface area contributed by atoms with Gasteiger partial charge in [-0.1, -0.05) is 84.4 Å². The van der Waals surface area contributed by atoms with E-state index in [0.717, 1.165) is 31.8 Å². The molecule has 4 rings (SSSR count). The molecule has 0 unspecified atom stereocenters. The molecule has 1 amide bonds. The highest BCUT2D eigenvalue weighted by molar-refractivity contribution is 6.32. The number of rotatable bonds is 14. The number of carbonyl (C=O) groups excluding carboxylic acids is 1. The largest absolute Gasteiger partial charge is 0.494 e. The molecule has 0 saturated carbocycles. The van der Waals surface area contributed by atoms with Crippen molar-refractivity contribution in [2.75, 3.05) is 26.3 Å². The normalized spacial score (nSPS) is 11.1. The lowest BCUT2D eigenvalue weighted by Gasteiger charge is -2.29. The number of nitrogens with two attached hydrogens (primary N) is 1. The minimum atomic E-state index is -0.515. The molecule has 0 saturated heterocycles. The molecule has 0 bridgehead atoms. The molecule has 0 atom stereocenters. The minimum absolute atomic E-state index is 0.221. The van der Waals surface area contributed by atoms with Crippen LogP contribution < -0.4 is 15.2 Å². The van der Waals surface area contributed by atoms with Crippen LogP contribution in [0.15, 0.2) is 103 Å². The molecule has 0 aliphatic carbocycles. The van der Waals surface area contributed by atoms with Crippen molar-refractivity contribution in [3.05, 3.63) is 130 Å². The SMILES string of the molecule is CCOc1cccc(CN(CCCOc2ccc(C(N)=O)cc2Cl)CC(c2ccccc2)c2ccccc2)c1. The highest BCUT2D eigenvalue weighted by Crippen LogP contribution is 2.28. The highest BCUT2D eigenvalue weighted by atomic mass is 35.5. The van der Waals surface area contributed by atoms with Gasteiger partial charge in [0.15, 0.2) is 0 Å². The molecule has 0 aliphatic heterocycles. The van der Waals surface area contributed by atoms with E-state index in [0.29, 0.717) is 29.5 Å². The Labute approximate surface area is 236 Å². The Morgan fingerprint density at radius 2 is 1.56 bits per heavy atom. The summed E-state index contributed by atoms with van der Waals surface area (Å²) < 4.78 is 11.7. The zero-order valence-electron chi connectivity index (χ0n) is 22.3. The summed E-state index contributed by atoms with van der Waals surface area (Å²) in [5.74, 6) is 1.14. The molecule has 202 valence electrons. The first kappa shape index (κ1) is 28.2. The van der Waals surface area contributed by atoms with E-state index in [1.807, 2.05) is 19.1 Å². The van der Waals surface area contributed by atoms with E-state index in [1.54, 1.807) is 18.2 Å². The molecular weight excluding hydrogens is 508 g/mol. The smallest absolute Gasteiger partial charge is 0.248 e. The maximum atomic E-state index is 11.4. The number of benzene rings is 4. The second kappa shape index (κ2) is 14.4. The Balaban J connectivity index is 1.50. The molecule has 2 N–H and O–H groups in total. The lowest BCUT2D eigenvalue weighted by Crippen LogP contribution is -2.30. The molecular formula is C33H35ClN2O3. The van der Waals surface area contributed by atoms with Crippen molar-refractivity contribution in [1.29, 1.82) is 0 Å². The summed E-state index contributed by atoms with van der Waals surface area (Å²) in [5.41, 5.74) is 9.48. The van der Waals surface area contributed by atoms with E-state index in [-0.39, 0.29) is 5.92 Å². The van der Waals surface area contributed by atoms with E-state index >= 15 is 0 Å². The van der Waals surface area contributed by atoms with E-state index in [4.69, 9.17) is 26.8 Å². The van der Waals surface area contributed by atoms with Crippen molar-refractivity contribution in [1.82, 2.24) is 4.90 Å². The summed E-state index contributed by atoms with van der Waals surface area (Å²) in [5, 5.41) is 0.379. The Morgan fingerprint density at radius 1 is 0.872 bits per heavy atom. The third kappa shape index (κ3) is 8.34. The number of hydrogen-bond donors (Lipinski definition) is 1. The third-order valence-electron chi connectivity index (χ3n) is 6.55.